The second-order valence-corrected chi connectivity index (χ2v) is 10.2. The second kappa shape index (κ2) is 6.83. The molecule has 1 heterocycles. The Morgan fingerprint density at radius 3 is 1.93 bits per heavy atom. The van der Waals surface area contributed by atoms with E-state index in [2.05, 4.69) is 108 Å². The van der Waals surface area contributed by atoms with E-state index < -0.39 is 0 Å². The molecule has 1 aliphatic rings. The van der Waals surface area contributed by atoms with Gasteiger partial charge in [-0.25, -0.2) is 4.57 Å². The van der Waals surface area contributed by atoms with Crippen LogP contribution < -0.4 is 4.57 Å². The minimum absolute atomic E-state index is 0.221. The average Bonchev–Trinajstić information content (AvgIpc) is 2.67. The van der Waals surface area contributed by atoms with Gasteiger partial charge in [-0.3, -0.25) is 0 Å². The molecule has 4 rings (SSSR count). The largest absolute Gasteiger partial charge is 0.213 e. The SMILES string of the molecule is Cc1c[n+](C)c(-c2cc3c(cc2C)C(C)(C)CCC3(C)C)cc1-c1ccccc1. The van der Waals surface area contributed by atoms with Gasteiger partial charge in [0.25, 0.3) is 0 Å². The molecule has 0 fully saturated rings. The molecule has 1 aromatic heterocycles. The molecule has 0 radical (unpaired) electrons. The molecule has 0 amide bonds. The van der Waals surface area contributed by atoms with Crippen molar-refractivity contribution in [1.29, 1.82) is 0 Å². The van der Waals surface area contributed by atoms with Crippen LogP contribution in [0.2, 0.25) is 0 Å². The Bertz CT molecular complexity index is 1070. The van der Waals surface area contributed by atoms with Crippen LogP contribution in [-0.2, 0) is 17.9 Å². The van der Waals surface area contributed by atoms with E-state index in [1.54, 1.807) is 0 Å². The summed E-state index contributed by atoms with van der Waals surface area (Å²) >= 11 is 0. The van der Waals surface area contributed by atoms with Gasteiger partial charge in [-0.05, 0) is 71.4 Å². The molecule has 0 saturated heterocycles. The van der Waals surface area contributed by atoms with E-state index in [9.17, 15) is 0 Å². The van der Waals surface area contributed by atoms with Crippen LogP contribution in [0.25, 0.3) is 22.4 Å². The molecule has 150 valence electrons. The third-order valence-corrected chi connectivity index (χ3v) is 7.03. The van der Waals surface area contributed by atoms with E-state index in [1.165, 1.54) is 57.5 Å². The monoisotopic (exact) mass is 384 g/mol. The zero-order valence-electron chi connectivity index (χ0n) is 19.1. The first kappa shape index (κ1) is 19.9. The second-order valence-electron chi connectivity index (χ2n) is 10.2. The van der Waals surface area contributed by atoms with Crippen LogP contribution in [0.15, 0.2) is 54.7 Å². The Balaban J connectivity index is 1.95. The fourth-order valence-electron chi connectivity index (χ4n) is 4.98. The molecule has 1 nitrogen and oxygen atoms in total. The average molecular weight is 385 g/mol. The summed E-state index contributed by atoms with van der Waals surface area (Å²) in [6.07, 6.45) is 4.76. The van der Waals surface area contributed by atoms with Crippen molar-refractivity contribution in [2.24, 2.45) is 7.05 Å². The van der Waals surface area contributed by atoms with E-state index in [-0.39, 0.29) is 10.8 Å². The zero-order valence-corrected chi connectivity index (χ0v) is 19.1. The van der Waals surface area contributed by atoms with Crippen molar-refractivity contribution in [2.45, 2.75) is 65.2 Å². The van der Waals surface area contributed by atoms with Crippen molar-refractivity contribution in [3.63, 3.8) is 0 Å². The molecule has 0 saturated carbocycles. The van der Waals surface area contributed by atoms with Gasteiger partial charge in [0.2, 0.25) is 5.69 Å². The summed E-state index contributed by atoms with van der Waals surface area (Å²) in [5.74, 6) is 0. The number of fused-ring (bicyclic) bond motifs is 1. The molecule has 1 heteroatoms. The Morgan fingerprint density at radius 1 is 0.724 bits per heavy atom. The lowest BCUT2D eigenvalue weighted by atomic mass is 9.62. The van der Waals surface area contributed by atoms with Crippen LogP contribution in [0.3, 0.4) is 0 Å². The highest BCUT2D eigenvalue weighted by molar-refractivity contribution is 5.73. The fourth-order valence-corrected chi connectivity index (χ4v) is 4.98. The minimum Gasteiger partial charge on any atom is -0.201 e. The van der Waals surface area contributed by atoms with Gasteiger partial charge in [0.15, 0.2) is 6.20 Å². The smallest absolute Gasteiger partial charge is 0.201 e. The molecule has 29 heavy (non-hydrogen) atoms. The highest BCUT2D eigenvalue weighted by Gasteiger charge is 2.38. The van der Waals surface area contributed by atoms with Gasteiger partial charge in [-0.2, -0.15) is 0 Å². The molecule has 0 bridgehead atoms. The Morgan fingerprint density at radius 2 is 1.31 bits per heavy atom. The van der Waals surface area contributed by atoms with Crippen LogP contribution >= 0.6 is 0 Å². The first-order valence-corrected chi connectivity index (χ1v) is 10.8. The van der Waals surface area contributed by atoms with E-state index in [1.807, 2.05) is 0 Å². The minimum atomic E-state index is 0.221. The van der Waals surface area contributed by atoms with Crippen molar-refractivity contribution in [3.8, 4) is 22.4 Å². The van der Waals surface area contributed by atoms with Gasteiger partial charge < -0.3 is 0 Å². The molecular formula is C28H34N+. The summed E-state index contributed by atoms with van der Waals surface area (Å²) in [7, 11) is 2.17. The Labute approximate surface area is 176 Å². The highest BCUT2D eigenvalue weighted by atomic mass is 14.9. The Kier molecular flexibility index (Phi) is 4.69. The van der Waals surface area contributed by atoms with Crippen molar-refractivity contribution in [1.82, 2.24) is 0 Å². The lowest BCUT2D eigenvalue weighted by Crippen LogP contribution is -2.35. The molecule has 0 N–H and O–H groups in total. The van der Waals surface area contributed by atoms with Crippen molar-refractivity contribution in [2.75, 3.05) is 0 Å². The van der Waals surface area contributed by atoms with Crippen LogP contribution in [0.5, 0.6) is 0 Å². The number of hydrogen-bond acceptors (Lipinski definition) is 0. The molecule has 3 aromatic rings. The molecule has 1 aliphatic carbocycles. The van der Waals surface area contributed by atoms with E-state index in [4.69, 9.17) is 0 Å². The van der Waals surface area contributed by atoms with Crippen LogP contribution in [0.4, 0.5) is 0 Å². The molecule has 2 aromatic carbocycles. The number of aryl methyl sites for hydroxylation is 3. The number of pyridine rings is 1. The first-order valence-electron chi connectivity index (χ1n) is 10.8. The maximum Gasteiger partial charge on any atom is 0.213 e. The molecule has 0 unspecified atom stereocenters. The predicted molar refractivity (Wildman–Crippen MR) is 123 cm³/mol. The zero-order chi connectivity index (χ0) is 21.0. The summed E-state index contributed by atoms with van der Waals surface area (Å²) in [5, 5.41) is 0. The van der Waals surface area contributed by atoms with Crippen LogP contribution in [0, 0.1) is 13.8 Å². The Hall–Kier alpha value is -2.41. The maximum absolute atomic E-state index is 2.49. The summed E-state index contributed by atoms with van der Waals surface area (Å²) in [4.78, 5) is 0. The van der Waals surface area contributed by atoms with Crippen LogP contribution in [0.1, 0.15) is 62.8 Å². The fraction of sp³-hybridized carbons (Fsp3) is 0.393. The van der Waals surface area contributed by atoms with E-state index in [0.29, 0.717) is 0 Å². The molecular weight excluding hydrogens is 350 g/mol. The van der Waals surface area contributed by atoms with Gasteiger partial charge in [-0.15, -0.1) is 0 Å². The first-order chi connectivity index (χ1) is 13.6. The van der Waals surface area contributed by atoms with Gasteiger partial charge >= 0.3 is 0 Å². The quantitative estimate of drug-likeness (QED) is 0.427. The van der Waals surface area contributed by atoms with Crippen molar-refractivity contribution >= 4 is 0 Å². The molecule has 0 aliphatic heterocycles. The summed E-state index contributed by atoms with van der Waals surface area (Å²) < 4.78 is 2.29. The molecule has 0 spiro atoms. The van der Waals surface area contributed by atoms with Gasteiger partial charge in [-0.1, -0.05) is 64.1 Å². The number of aromatic nitrogens is 1. The lowest BCUT2D eigenvalue weighted by Gasteiger charge is -2.42. The van der Waals surface area contributed by atoms with Crippen molar-refractivity contribution < 1.29 is 4.57 Å². The summed E-state index contributed by atoms with van der Waals surface area (Å²) in [6.45, 7) is 14.1. The number of rotatable bonds is 2. The summed E-state index contributed by atoms with van der Waals surface area (Å²) in [5.41, 5.74) is 11.4. The molecule has 0 atom stereocenters. The third-order valence-electron chi connectivity index (χ3n) is 7.03. The third kappa shape index (κ3) is 3.41. The van der Waals surface area contributed by atoms with Crippen molar-refractivity contribution in [3.05, 3.63) is 77.0 Å². The lowest BCUT2D eigenvalue weighted by molar-refractivity contribution is -0.660. The van der Waals surface area contributed by atoms with Gasteiger partial charge in [0, 0.05) is 17.2 Å². The number of benzene rings is 2. The summed E-state index contributed by atoms with van der Waals surface area (Å²) in [6, 6.07) is 18.1. The number of hydrogen-bond donors (Lipinski definition) is 0. The normalized spacial score (nSPS) is 17.1. The highest BCUT2D eigenvalue weighted by Crippen LogP contribution is 2.47. The van der Waals surface area contributed by atoms with Gasteiger partial charge in [0.1, 0.15) is 7.05 Å². The maximum atomic E-state index is 2.49. The van der Waals surface area contributed by atoms with Crippen LogP contribution in [-0.4, -0.2) is 0 Å². The standard InChI is InChI=1S/C28H34N/c1-19-15-24-25(28(5,6)14-13-27(24,3)4)16-23(19)26-17-22(20(2)18-29(26)7)21-11-9-8-10-12-21/h8-12,15-18H,13-14H2,1-7H3/q+1. The number of nitrogens with zero attached hydrogens (tertiary/aromatic N) is 1. The predicted octanol–water partition coefficient (Wildman–Crippen LogP) is 6.81. The van der Waals surface area contributed by atoms with Gasteiger partial charge in [0.05, 0.1) is 0 Å². The van der Waals surface area contributed by atoms with E-state index in [0.717, 1.165) is 0 Å². The topological polar surface area (TPSA) is 3.88 Å². The van der Waals surface area contributed by atoms with E-state index >= 15 is 0 Å².